The molecule has 4 N–H and O–H groups in total. The van der Waals surface area contributed by atoms with Gasteiger partial charge in [-0.2, -0.15) is 0 Å². The number of urea groups is 2. The molecule has 5 aliphatic carbocycles. The summed E-state index contributed by atoms with van der Waals surface area (Å²) in [5.41, 5.74) is 9.45. The lowest BCUT2D eigenvalue weighted by atomic mass is 9.49. The Bertz CT molecular complexity index is 1850. The van der Waals surface area contributed by atoms with E-state index in [4.69, 9.17) is 0 Å². The fraction of sp³-hybridized carbons (Fsp3) is 0.731. The Morgan fingerprint density at radius 1 is 0.621 bits per heavy atom. The number of fused-ring (bicyclic) bond motifs is 6. The molecule has 58 heavy (non-hydrogen) atoms. The highest BCUT2D eigenvalue weighted by Gasteiger charge is 2.53. The second kappa shape index (κ2) is 15.8. The first-order valence-electron chi connectivity index (χ1n) is 23.5. The van der Waals surface area contributed by atoms with E-state index in [2.05, 4.69) is 134 Å². The van der Waals surface area contributed by atoms with E-state index in [0.29, 0.717) is 43.3 Å². The van der Waals surface area contributed by atoms with Gasteiger partial charge in [-0.15, -0.1) is 0 Å². The molecule has 0 saturated heterocycles. The van der Waals surface area contributed by atoms with Gasteiger partial charge in [-0.1, -0.05) is 125 Å². The molecule has 6 nitrogen and oxygen atoms in total. The molecule has 4 amide bonds. The Hall–Kier alpha value is -3.02. The molecule has 320 valence electrons. The first-order valence-corrected chi connectivity index (χ1v) is 23.5. The predicted octanol–water partition coefficient (Wildman–Crippen LogP) is 11.8. The van der Waals surface area contributed by atoms with E-state index in [9.17, 15) is 9.59 Å². The van der Waals surface area contributed by atoms with Crippen LogP contribution in [0.25, 0.3) is 0 Å². The van der Waals surface area contributed by atoms with Crippen LogP contribution in [0.4, 0.5) is 9.59 Å². The SMILES string of the molecule is CC(C)c1ccc2c(c1)CC[C@H]1[C@](C)(CNC(=O)NCC3(C)CC(NC(=O)NC[C@]4(C)CCC[C@]5(C)c6ccc(C(C)C)cc6CC[C@@H]45)CC(C)(C)C3)CCC[C@]21C. The molecular weight excluding hydrogens is 713 g/mol. The van der Waals surface area contributed by atoms with Crippen LogP contribution < -0.4 is 21.3 Å². The molecule has 5 aliphatic rings. The van der Waals surface area contributed by atoms with E-state index in [-0.39, 0.29) is 50.6 Å². The lowest BCUT2D eigenvalue weighted by molar-refractivity contribution is 0.0270. The van der Waals surface area contributed by atoms with Crippen molar-refractivity contribution in [3.63, 3.8) is 0 Å². The van der Waals surface area contributed by atoms with Crippen molar-refractivity contribution >= 4 is 12.1 Å². The van der Waals surface area contributed by atoms with Gasteiger partial charge in [-0.25, -0.2) is 9.59 Å². The molecule has 7 rings (SSSR count). The molecule has 0 spiro atoms. The van der Waals surface area contributed by atoms with Crippen LogP contribution >= 0.6 is 0 Å². The highest BCUT2D eigenvalue weighted by molar-refractivity contribution is 5.74. The van der Waals surface area contributed by atoms with Crippen LogP contribution in [-0.4, -0.2) is 37.7 Å². The number of rotatable bonds is 9. The maximum absolute atomic E-state index is 13.7. The highest BCUT2D eigenvalue weighted by Crippen LogP contribution is 2.59. The quantitative estimate of drug-likeness (QED) is 0.204. The zero-order valence-electron chi connectivity index (χ0n) is 38.5. The molecule has 8 atom stereocenters. The molecule has 6 heteroatoms. The second-order valence-electron chi connectivity index (χ2n) is 23.3. The summed E-state index contributed by atoms with van der Waals surface area (Å²) in [5, 5.41) is 13.5. The molecule has 0 aliphatic heterocycles. The van der Waals surface area contributed by atoms with Gasteiger partial charge in [0.15, 0.2) is 0 Å². The Labute approximate surface area is 353 Å². The van der Waals surface area contributed by atoms with E-state index in [0.717, 1.165) is 44.9 Å². The van der Waals surface area contributed by atoms with Crippen molar-refractivity contribution < 1.29 is 9.59 Å². The van der Waals surface area contributed by atoms with Gasteiger partial charge in [-0.05, 0) is 160 Å². The van der Waals surface area contributed by atoms with Gasteiger partial charge in [0.05, 0.1) is 0 Å². The van der Waals surface area contributed by atoms with Crippen LogP contribution in [0.3, 0.4) is 0 Å². The minimum atomic E-state index is -0.117. The summed E-state index contributed by atoms with van der Waals surface area (Å²) in [4.78, 5) is 27.3. The normalized spacial score (nSPS) is 35.2. The Kier molecular flexibility index (Phi) is 11.7. The number of nitrogens with one attached hydrogen (secondary N) is 4. The van der Waals surface area contributed by atoms with Crippen LogP contribution in [0.5, 0.6) is 0 Å². The van der Waals surface area contributed by atoms with Crippen LogP contribution in [-0.2, 0) is 23.7 Å². The molecule has 0 bridgehead atoms. The fourth-order valence-electron chi connectivity index (χ4n) is 14.5. The molecule has 0 radical (unpaired) electrons. The molecular formula is C52H80N4O2. The van der Waals surface area contributed by atoms with Gasteiger partial charge in [0.1, 0.15) is 0 Å². The lowest BCUT2D eigenvalue weighted by Crippen LogP contribution is -2.56. The number of carbonyl (C=O) groups excluding carboxylic acids is 2. The molecule has 3 saturated carbocycles. The maximum Gasteiger partial charge on any atom is 0.315 e. The van der Waals surface area contributed by atoms with Gasteiger partial charge in [0, 0.05) is 25.7 Å². The Balaban J connectivity index is 0.925. The first-order chi connectivity index (χ1) is 27.2. The summed E-state index contributed by atoms with van der Waals surface area (Å²) in [7, 11) is 0. The van der Waals surface area contributed by atoms with Gasteiger partial charge in [-0.3, -0.25) is 0 Å². The van der Waals surface area contributed by atoms with Gasteiger partial charge in [0.2, 0.25) is 0 Å². The van der Waals surface area contributed by atoms with Crippen LogP contribution in [0.15, 0.2) is 36.4 Å². The molecule has 2 aromatic carbocycles. The van der Waals surface area contributed by atoms with Crippen LogP contribution in [0.2, 0.25) is 0 Å². The third-order valence-electron chi connectivity index (χ3n) is 17.1. The number of carbonyl (C=O) groups is 2. The average Bonchev–Trinajstić information content (AvgIpc) is 3.14. The zero-order chi connectivity index (χ0) is 41.9. The molecule has 0 aromatic heterocycles. The van der Waals surface area contributed by atoms with E-state index in [1.165, 1.54) is 49.7 Å². The summed E-state index contributed by atoms with van der Waals surface area (Å²) in [6.45, 7) is 28.0. The molecule has 2 unspecified atom stereocenters. The molecule has 0 heterocycles. The number of hydrogen-bond donors (Lipinski definition) is 4. The summed E-state index contributed by atoms with van der Waals surface area (Å²) >= 11 is 0. The monoisotopic (exact) mass is 793 g/mol. The van der Waals surface area contributed by atoms with Crippen LogP contribution in [0.1, 0.15) is 192 Å². The third-order valence-corrected chi connectivity index (χ3v) is 17.1. The Morgan fingerprint density at radius 3 is 1.57 bits per heavy atom. The van der Waals surface area contributed by atoms with Gasteiger partial charge >= 0.3 is 12.1 Å². The first kappa shape index (κ1) is 43.1. The van der Waals surface area contributed by atoms with Crippen molar-refractivity contribution in [3.8, 4) is 0 Å². The predicted molar refractivity (Wildman–Crippen MR) is 241 cm³/mol. The van der Waals surface area contributed by atoms with Crippen molar-refractivity contribution in [3.05, 3.63) is 69.8 Å². The lowest BCUT2D eigenvalue weighted by Gasteiger charge is -2.55. The smallest absolute Gasteiger partial charge is 0.315 e. The van der Waals surface area contributed by atoms with Crippen molar-refractivity contribution in [1.29, 1.82) is 0 Å². The van der Waals surface area contributed by atoms with E-state index < -0.39 is 0 Å². The summed E-state index contributed by atoms with van der Waals surface area (Å²) in [6, 6.07) is 14.5. The number of benzene rings is 2. The number of aryl methyl sites for hydroxylation is 2. The van der Waals surface area contributed by atoms with Crippen molar-refractivity contribution in [1.82, 2.24) is 21.3 Å². The standard InChI is InChI=1S/C52H80N4O2/c1-34(2)36-14-18-41-38(26-36)16-20-43-49(8,22-12-24-51(41,43)10)32-54-45(57)53-31-48(7)29-40(28-47(5,6)30-48)56-46(58)55-33-50(9)23-13-25-52(11)42-19-15-37(35(3)4)27-39(42)17-21-44(50)52/h14-15,18-19,26-27,34-35,40,43-44H,12-13,16-17,20-25,28-33H2,1-11H3,(H2,53,54,57)(H2,55,56,58)/t40?,43-,44-,48?,49-,50-,51+,52+/m0/s1. The Morgan fingerprint density at radius 2 is 1.09 bits per heavy atom. The molecule has 2 aromatic rings. The van der Waals surface area contributed by atoms with E-state index in [1.54, 1.807) is 22.3 Å². The minimum absolute atomic E-state index is 0.0412. The van der Waals surface area contributed by atoms with Gasteiger partial charge < -0.3 is 21.3 Å². The maximum atomic E-state index is 13.7. The average molecular weight is 793 g/mol. The van der Waals surface area contributed by atoms with Crippen LogP contribution in [0, 0.1) is 33.5 Å². The largest absolute Gasteiger partial charge is 0.338 e. The van der Waals surface area contributed by atoms with E-state index in [1.807, 2.05) is 0 Å². The van der Waals surface area contributed by atoms with Crippen molar-refractivity contribution in [2.45, 2.75) is 188 Å². The van der Waals surface area contributed by atoms with E-state index >= 15 is 0 Å². The zero-order valence-corrected chi connectivity index (χ0v) is 38.5. The second-order valence-corrected chi connectivity index (χ2v) is 23.3. The summed E-state index contributed by atoms with van der Waals surface area (Å²) in [6.07, 6.45) is 14.6. The molecule has 3 fully saturated rings. The topological polar surface area (TPSA) is 82.3 Å². The number of hydrogen-bond acceptors (Lipinski definition) is 2. The highest BCUT2D eigenvalue weighted by atomic mass is 16.2. The summed E-state index contributed by atoms with van der Waals surface area (Å²) in [5.74, 6) is 2.18. The third kappa shape index (κ3) is 8.34. The van der Waals surface area contributed by atoms with Crippen molar-refractivity contribution in [2.75, 3.05) is 19.6 Å². The minimum Gasteiger partial charge on any atom is -0.338 e. The number of amides is 4. The fourth-order valence-corrected chi connectivity index (χ4v) is 14.5. The summed E-state index contributed by atoms with van der Waals surface area (Å²) < 4.78 is 0. The van der Waals surface area contributed by atoms with Crippen molar-refractivity contribution in [2.24, 2.45) is 33.5 Å². The van der Waals surface area contributed by atoms with Gasteiger partial charge in [0.25, 0.3) is 0 Å².